The lowest BCUT2D eigenvalue weighted by Crippen LogP contribution is -2.48. The number of carbonyl (C=O) groups is 2. The van der Waals surface area contributed by atoms with E-state index in [1.54, 1.807) is 0 Å². The number of halogens is 3. The number of carbonyl (C=O) groups excluding carboxylic acids is 1. The molecular formula is C12H17F3N2O3. The Bertz CT molecular complexity index is 409. The van der Waals surface area contributed by atoms with Crippen molar-refractivity contribution in [1.82, 2.24) is 10.2 Å². The fraction of sp³-hybridized carbons (Fsp3) is 0.833. The fourth-order valence-electron chi connectivity index (χ4n) is 2.37. The molecule has 114 valence electrons. The van der Waals surface area contributed by atoms with Crippen LogP contribution in [0.25, 0.3) is 0 Å². The van der Waals surface area contributed by atoms with Crippen molar-refractivity contribution in [2.75, 3.05) is 26.2 Å². The molecule has 1 aliphatic heterocycles. The molecule has 0 spiro atoms. The highest BCUT2D eigenvalue weighted by atomic mass is 19.4. The molecule has 1 unspecified atom stereocenters. The number of nitrogens with zero attached hydrogens (tertiary/aromatic N) is 1. The van der Waals surface area contributed by atoms with Crippen LogP contribution >= 0.6 is 0 Å². The van der Waals surface area contributed by atoms with Gasteiger partial charge in [-0.3, -0.25) is 9.59 Å². The van der Waals surface area contributed by atoms with E-state index in [9.17, 15) is 22.8 Å². The predicted molar refractivity (Wildman–Crippen MR) is 62.9 cm³/mol. The number of hydrogen-bond acceptors (Lipinski definition) is 3. The summed E-state index contributed by atoms with van der Waals surface area (Å²) >= 11 is 0. The number of carboxylic acid groups (broad SMARTS) is 1. The minimum absolute atomic E-state index is 0.0376. The number of carboxylic acids is 1. The summed E-state index contributed by atoms with van der Waals surface area (Å²) in [6.07, 6.45) is -3.21. The van der Waals surface area contributed by atoms with Gasteiger partial charge in [0.2, 0.25) is 5.91 Å². The Labute approximate surface area is 114 Å². The first-order chi connectivity index (χ1) is 9.26. The molecule has 20 heavy (non-hydrogen) atoms. The standard InChI is InChI=1S/C12H17F3N2O3/c13-12(14,15)11(10(19)20)3-4-17(7-11)9(18)6-16-5-8-1-2-8/h8,16H,1-7H2,(H,19,20). The van der Waals surface area contributed by atoms with Crippen molar-refractivity contribution in [2.45, 2.75) is 25.4 Å². The molecule has 1 aliphatic carbocycles. The molecule has 5 nitrogen and oxygen atoms in total. The second-order valence-electron chi connectivity index (χ2n) is 5.52. The summed E-state index contributed by atoms with van der Waals surface area (Å²) in [5.41, 5.74) is -2.82. The zero-order chi connectivity index (χ0) is 15.0. The summed E-state index contributed by atoms with van der Waals surface area (Å²) in [6, 6.07) is 0. The zero-order valence-electron chi connectivity index (χ0n) is 10.9. The largest absolute Gasteiger partial charge is 0.481 e. The highest BCUT2D eigenvalue weighted by molar-refractivity contribution is 5.82. The van der Waals surface area contributed by atoms with Gasteiger partial charge in [-0.25, -0.2) is 0 Å². The topological polar surface area (TPSA) is 69.6 Å². The third-order valence-electron chi connectivity index (χ3n) is 3.98. The number of nitrogens with one attached hydrogen (secondary N) is 1. The maximum absolute atomic E-state index is 12.9. The molecule has 1 saturated heterocycles. The molecule has 0 aromatic heterocycles. The van der Waals surface area contributed by atoms with Gasteiger partial charge in [0.1, 0.15) is 0 Å². The first-order valence-electron chi connectivity index (χ1n) is 6.55. The number of amides is 1. The van der Waals surface area contributed by atoms with Crippen molar-refractivity contribution in [3.8, 4) is 0 Å². The molecule has 2 aliphatic rings. The van der Waals surface area contributed by atoms with E-state index in [1.165, 1.54) is 0 Å². The van der Waals surface area contributed by atoms with E-state index in [1.807, 2.05) is 0 Å². The van der Waals surface area contributed by atoms with Gasteiger partial charge in [0.25, 0.3) is 0 Å². The predicted octanol–water partition coefficient (Wildman–Crippen LogP) is 0.852. The molecule has 1 saturated carbocycles. The van der Waals surface area contributed by atoms with Gasteiger partial charge in [0, 0.05) is 13.1 Å². The second-order valence-corrected chi connectivity index (χ2v) is 5.52. The third kappa shape index (κ3) is 2.89. The molecule has 1 heterocycles. The van der Waals surface area contributed by atoms with Crippen LogP contribution < -0.4 is 5.32 Å². The van der Waals surface area contributed by atoms with Crippen LogP contribution in [0.2, 0.25) is 0 Å². The van der Waals surface area contributed by atoms with Gasteiger partial charge in [-0.05, 0) is 31.7 Å². The van der Waals surface area contributed by atoms with E-state index in [0.717, 1.165) is 17.7 Å². The number of alkyl halides is 3. The normalized spacial score (nSPS) is 26.9. The van der Waals surface area contributed by atoms with Crippen molar-refractivity contribution in [2.24, 2.45) is 11.3 Å². The summed E-state index contributed by atoms with van der Waals surface area (Å²) < 4.78 is 38.8. The van der Waals surface area contributed by atoms with Crippen molar-refractivity contribution >= 4 is 11.9 Å². The van der Waals surface area contributed by atoms with E-state index in [-0.39, 0.29) is 13.1 Å². The van der Waals surface area contributed by atoms with Crippen molar-refractivity contribution < 1.29 is 27.9 Å². The number of rotatable bonds is 5. The van der Waals surface area contributed by atoms with Crippen LogP contribution in [0.15, 0.2) is 0 Å². The minimum Gasteiger partial charge on any atom is -0.481 e. The van der Waals surface area contributed by atoms with Crippen LogP contribution in [0.5, 0.6) is 0 Å². The summed E-state index contributed by atoms with van der Waals surface area (Å²) in [5, 5.41) is 11.8. The molecule has 0 aromatic carbocycles. The van der Waals surface area contributed by atoms with Gasteiger partial charge in [0.05, 0.1) is 6.54 Å². The summed E-state index contributed by atoms with van der Waals surface area (Å²) in [5.74, 6) is -1.82. The van der Waals surface area contributed by atoms with E-state index in [2.05, 4.69) is 5.32 Å². The van der Waals surface area contributed by atoms with Gasteiger partial charge in [-0.2, -0.15) is 13.2 Å². The first kappa shape index (κ1) is 15.1. The highest BCUT2D eigenvalue weighted by Crippen LogP contribution is 2.45. The van der Waals surface area contributed by atoms with Crippen molar-refractivity contribution in [1.29, 1.82) is 0 Å². The Balaban J connectivity index is 1.91. The van der Waals surface area contributed by atoms with E-state index in [4.69, 9.17) is 5.11 Å². The molecule has 2 N–H and O–H groups in total. The number of aliphatic carboxylic acids is 1. The second kappa shape index (κ2) is 5.23. The number of hydrogen-bond donors (Lipinski definition) is 2. The quantitative estimate of drug-likeness (QED) is 0.789. The zero-order valence-corrected chi connectivity index (χ0v) is 10.9. The lowest BCUT2D eigenvalue weighted by atomic mass is 9.86. The summed E-state index contributed by atoms with van der Waals surface area (Å²) in [4.78, 5) is 23.8. The SMILES string of the molecule is O=C(CNCC1CC1)N1CCC(C(=O)O)(C(F)(F)F)C1. The number of likely N-dealkylation sites (tertiary alicyclic amines) is 1. The van der Waals surface area contributed by atoms with Crippen LogP contribution in [0, 0.1) is 11.3 Å². The van der Waals surface area contributed by atoms with Crippen LogP contribution in [-0.2, 0) is 9.59 Å². The minimum atomic E-state index is -4.85. The Hall–Kier alpha value is -1.31. The van der Waals surface area contributed by atoms with Crippen LogP contribution in [0.3, 0.4) is 0 Å². The van der Waals surface area contributed by atoms with E-state index >= 15 is 0 Å². The van der Waals surface area contributed by atoms with Crippen LogP contribution in [-0.4, -0.2) is 54.2 Å². The Morgan fingerprint density at radius 2 is 2.00 bits per heavy atom. The molecule has 0 bridgehead atoms. The Kier molecular flexibility index (Phi) is 3.95. The van der Waals surface area contributed by atoms with E-state index < -0.39 is 36.4 Å². The summed E-state index contributed by atoms with van der Waals surface area (Å²) in [7, 11) is 0. The first-order valence-corrected chi connectivity index (χ1v) is 6.55. The molecule has 0 aromatic rings. The van der Waals surface area contributed by atoms with Gasteiger partial charge in [0.15, 0.2) is 5.41 Å². The molecular weight excluding hydrogens is 277 g/mol. The lowest BCUT2D eigenvalue weighted by Gasteiger charge is -2.27. The maximum Gasteiger partial charge on any atom is 0.406 e. The van der Waals surface area contributed by atoms with Crippen molar-refractivity contribution in [3.05, 3.63) is 0 Å². The molecule has 2 rings (SSSR count). The molecule has 8 heteroatoms. The average Bonchev–Trinajstić information content (AvgIpc) is 3.03. The molecule has 1 atom stereocenters. The highest BCUT2D eigenvalue weighted by Gasteiger charge is 2.64. The van der Waals surface area contributed by atoms with Gasteiger partial charge in [-0.1, -0.05) is 0 Å². The third-order valence-corrected chi connectivity index (χ3v) is 3.98. The van der Waals surface area contributed by atoms with Crippen LogP contribution in [0.4, 0.5) is 13.2 Å². The molecule has 0 radical (unpaired) electrons. The molecule has 1 amide bonds. The Morgan fingerprint density at radius 1 is 1.35 bits per heavy atom. The lowest BCUT2D eigenvalue weighted by molar-refractivity contribution is -0.227. The smallest absolute Gasteiger partial charge is 0.406 e. The maximum atomic E-state index is 12.9. The summed E-state index contributed by atoms with van der Waals surface area (Å²) in [6.45, 7) is -0.321. The molecule has 2 fully saturated rings. The van der Waals surface area contributed by atoms with Crippen molar-refractivity contribution in [3.63, 3.8) is 0 Å². The Morgan fingerprint density at radius 3 is 2.45 bits per heavy atom. The van der Waals surface area contributed by atoms with Gasteiger partial charge >= 0.3 is 12.1 Å². The van der Waals surface area contributed by atoms with E-state index in [0.29, 0.717) is 12.5 Å². The fourth-order valence-corrected chi connectivity index (χ4v) is 2.37. The van der Waals surface area contributed by atoms with Gasteiger partial charge < -0.3 is 15.3 Å². The average molecular weight is 294 g/mol. The van der Waals surface area contributed by atoms with Crippen LogP contribution in [0.1, 0.15) is 19.3 Å². The van der Waals surface area contributed by atoms with Gasteiger partial charge in [-0.15, -0.1) is 0 Å². The monoisotopic (exact) mass is 294 g/mol.